The predicted octanol–water partition coefficient (Wildman–Crippen LogP) is 4.02. The number of hydrogen-bond acceptors (Lipinski definition) is 7. The van der Waals surface area contributed by atoms with Crippen LogP contribution in [0, 0.1) is 28.1 Å². The maximum absolute atomic E-state index is 13.3. The summed E-state index contributed by atoms with van der Waals surface area (Å²) in [6.45, 7) is 15.5. The van der Waals surface area contributed by atoms with Gasteiger partial charge in [-0.25, -0.2) is 0 Å². The van der Waals surface area contributed by atoms with E-state index in [9.17, 15) is 14.4 Å². The molecule has 6 unspecified atom stereocenters. The van der Waals surface area contributed by atoms with Crippen LogP contribution in [0.15, 0.2) is 0 Å². The van der Waals surface area contributed by atoms with Crippen molar-refractivity contribution in [3.05, 3.63) is 0 Å². The minimum absolute atomic E-state index is 0.0855. The lowest BCUT2D eigenvalue weighted by atomic mass is 9.73. The number of carbonyl (C=O) groups excluding carboxylic acids is 3. The van der Waals surface area contributed by atoms with Gasteiger partial charge in [-0.05, 0) is 52.4 Å². The highest BCUT2D eigenvalue weighted by molar-refractivity contribution is 6.03. The van der Waals surface area contributed by atoms with Gasteiger partial charge in [-0.3, -0.25) is 14.4 Å². The molecule has 176 valence electrons. The summed E-state index contributed by atoms with van der Waals surface area (Å²) in [6.07, 6.45) is 0.157. The van der Waals surface area contributed by atoms with Crippen molar-refractivity contribution >= 4 is 17.9 Å². The molecule has 7 heteroatoms. The number of carbonyl (C=O) groups is 3. The van der Waals surface area contributed by atoms with Crippen molar-refractivity contribution in [2.24, 2.45) is 28.1 Å². The number of esters is 3. The first-order valence-corrected chi connectivity index (χ1v) is 11.5. The molecule has 3 rings (SSSR count). The van der Waals surface area contributed by atoms with E-state index in [-0.39, 0.29) is 29.3 Å². The molecule has 31 heavy (non-hydrogen) atoms. The summed E-state index contributed by atoms with van der Waals surface area (Å²) in [5, 5.41) is 0. The molecule has 2 aliphatic carbocycles. The van der Waals surface area contributed by atoms with Crippen molar-refractivity contribution in [2.75, 3.05) is 0 Å². The van der Waals surface area contributed by atoms with Gasteiger partial charge in [-0.1, -0.05) is 27.7 Å². The van der Waals surface area contributed by atoms with E-state index >= 15 is 0 Å². The van der Waals surface area contributed by atoms with Crippen LogP contribution in [0.2, 0.25) is 0 Å². The van der Waals surface area contributed by atoms with Crippen LogP contribution in [0.25, 0.3) is 0 Å². The van der Waals surface area contributed by atoms with E-state index in [1.54, 1.807) is 0 Å². The Morgan fingerprint density at radius 1 is 1.19 bits per heavy atom. The average molecular weight is 439 g/mol. The van der Waals surface area contributed by atoms with Crippen molar-refractivity contribution in [3.63, 3.8) is 0 Å². The third-order valence-electron chi connectivity index (χ3n) is 7.05. The van der Waals surface area contributed by atoms with Crippen LogP contribution < -0.4 is 0 Å². The Kier molecular flexibility index (Phi) is 6.24. The predicted molar refractivity (Wildman–Crippen MR) is 113 cm³/mol. The number of rotatable bonds is 8. The summed E-state index contributed by atoms with van der Waals surface area (Å²) in [6, 6.07) is 0. The van der Waals surface area contributed by atoms with Gasteiger partial charge in [0.25, 0.3) is 0 Å². The minimum Gasteiger partial charge on any atom is -0.458 e. The second kappa shape index (κ2) is 8.05. The van der Waals surface area contributed by atoms with E-state index in [1.807, 2.05) is 55.4 Å². The molecule has 6 atom stereocenters. The second-order valence-corrected chi connectivity index (χ2v) is 11.5. The highest BCUT2D eigenvalue weighted by Crippen LogP contribution is 2.63. The molecule has 0 spiro atoms. The van der Waals surface area contributed by atoms with E-state index in [1.165, 1.54) is 0 Å². The van der Waals surface area contributed by atoms with Crippen LogP contribution in [0.3, 0.4) is 0 Å². The lowest BCUT2D eigenvalue weighted by Crippen LogP contribution is -2.47. The molecule has 1 heterocycles. The zero-order valence-electron chi connectivity index (χ0n) is 20.2. The third-order valence-corrected chi connectivity index (χ3v) is 7.05. The van der Waals surface area contributed by atoms with Crippen molar-refractivity contribution in [1.29, 1.82) is 0 Å². The smallest absolute Gasteiger partial charge is 0.326 e. The molecule has 0 aromatic heterocycles. The van der Waals surface area contributed by atoms with E-state index < -0.39 is 41.3 Å². The quantitative estimate of drug-likeness (QED) is 0.245. The van der Waals surface area contributed by atoms with Crippen LogP contribution >= 0.6 is 0 Å². The Labute approximate surface area is 185 Å². The Balaban J connectivity index is 1.75. The molecule has 2 saturated carbocycles. The summed E-state index contributed by atoms with van der Waals surface area (Å²) in [4.78, 5) is 38.9. The van der Waals surface area contributed by atoms with E-state index in [2.05, 4.69) is 0 Å². The van der Waals surface area contributed by atoms with E-state index in [0.29, 0.717) is 25.7 Å². The lowest BCUT2D eigenvalue weighted by molar-refractivity contribution is -0.205. The second-order valence-electron chi connectivity index (χ2n) is 11.5. The molecule has 0 radical (unpaired) electrons. The monoisotopic (exact) mass is 438 g/mol. The Bertz CT molecular complexity index is 735. The van der Waals surface area contributed by atoms with Gasteiger partial charge >= 0.3 is 17.9 Å². The maximum atomic E-state index is 13.3. The first-order valence-electron chi connectivity index (χ1n) is 11.5. The Hall–Kier alpha value is -1.63. The molecule has 3 fully saturated rings. The minimum atomic E-state index is -1.31. The van der Waals surface area contributed by atoms with Gasteiger partial charge in [0, 0.05) is 18.3 Å². The molecule has 1 saturated heterocycles. The van der Waals surface area contributed by atoms with Gasteiger partial charge < -0.3 is 18.9 Å². The molecular formula is C24H38O7. The van der Waals surface area contributed by atoms with E-state index in [4.69, 9.17) is 18.9 Å². The SMILES string of the molecule is CCC(C)(C)C(=O)OC1C2CC3C1OC(=O)C3(C(=O)OC(CC(C)(C)C)OC(C)C)C2. The summed E-state index contributed by atoms with van der Waals surface area (Å²) >= 11 is 0. The van der Waals surface area contributed by atoms with Gasteiger partial charge in [0.2, 0.25) is 6.29 Å². The third kappa shape index (κ3) is 4.35. The Morgan fingerprint density at radius 2 is 1.84 bits per heavy atom. The summed E-state index contributed by atoms with van der Waals surface area (Å²) in [5.74, 6) is -1.82. The van der Waals surface area contributed by atoms with Crippen LogP contribution in [0.1, 0.15) is 81.1 Å². The largest absolute Gasteiger partial charge is 0.458 e. The molecule has 2 bridgehead atoms. The van der Waals surface area contributed by atoms with Gasteiger partial charge in [-0.15, -0.1) is 0 Å². The lowest BCUT2D eigenvalue weighted by Gasteiger charge is -2.34. The molecule has 0 aromatic carbocycles. The van der Waals surface area contributed by atoms with Crippen molar-refractivity contribution in [3.8, 4) is 0 Å². The summed E-state index contributed by atoms with van der Waals surface area (Å²) in [7, 11) is 0. The normalized spacial score (nSPS) is 32.9. The fourth-order valence-electron chi connectivity index (χ4n) is 5.00. The highest BCUT2D eigenvalue weighted by atomic mass is 16.7. The van der Waals surface area contributed by atoms with Crippen LogP contribution in [-0.4, -0.2) is 42.5 Å². The van der Waals surface area contributed by atoms with Gasteiger partial charge in [-0.2, -0.15) is 0 Å². The number of fused-ring (bicyclic) bond motifs is 1. The molecule has 7 nitrogen and oxygen atoms in total. The highest BCUT2D eigenvalue weighted by Gasteiger charge is 2.75. The molecule has 0 aromatic rings. The van der Waals surface area contributed by atoms with Gasteiger partial charge in [0.15, 0.2) is 5.41 Å². The topological polar surface area (TPSA) is 88.1 Å². The first-order chi connectivity index (χ1) is 14.2. The molecule has 0 amide bonds. The number of hydrogen-bond donors (Lipinski definition) is 0. The van der Waals surface area contributed by atoms with Crippen molar-refractivity contribution < 1.29 is 33.3 Å². The standard InChI is InChI=1S/C24H38O7/c1-9-23(7,8)19(25)30-17-14-10-15-18(17)31-21(27)24(15,11-14)20(26)29-16(28-13(2)3)12-22(4,5)6/h13-18H,9-12H2,1-8H3. The van der Waals surface area contributed by atoms with Crippen LogP contribution in [0.4, 0.5) is 0 Å². The summed E-state index contributed by atoms with van der Waals surface area (Å²) < 4.78 is 23.1. The Morgan fingerprint density at radius 3 is 2.39 bits per heavy atom. The fourth-order valence-corrected chi connectivity index (χ4v) is 5.00. The zero-order chi connectivity index (χ0) is 23.4. The molecular weight excluding hydrogens is 400 g/mol. The van der Waals surface area contributed by atoms with Gasteiger partial charge in [0.05, 0.1) is 11.5 Å². The first kappa shape index (κ1) is 24.0. The molecule has 0 N–H and O–H groups in total. The van der Waals surface area contributed by atoms with Crippen molar-refractivity contribution in [1.82, 2.24) is 0 Å². The molecule has 1 aliphatic heterocycles. The van der Waals surface area contributed by atoms with E-state index in [0.717, 1.165) is 0 Å². The van der Waals surface area contributed by atoms with Gasteiger partial charge in [0.1, 0.15) is 12.2 Å². The number of ether oxygens (including phenoxy) is 4. The fraction of sp³-hybridized carbons (Fsp3) is 0.875. The maximum Gasteiger partial charge on any atom is 0.326 e. The van der Waals surface area contributed by atoms with Crippen molar-refractivity contribution in [2.45, 2.75) is 106 Å². The van der Waals surface area contributed by atoms with Crippen LogP contribution in [-0.2, 0) is 33.3 Å². The average Bonchev–Trinajstić information content (AvgIpc) is 3.22. The van der Waals surface area contributed by atoms with Crippen LogP contribution in [0.5, 0.6) is 0 Å². The summed E-state index contributed by atoms with van der Waals surface area (Å²) in [5.41, 5.74) is -2.03. The zero-order valence-corrected chi connectivity index (χ0v) is 20.2. The molecule has 3 aliphatic rings.